The first kappa shape index (κ1) is 65.1. The van der Waals surface area contributed by atoms with Crippen molar-refractivity contribution in [3.63, 3.8) is 0 Å². The molecule has 392 valence electrons. The van der Waals surface area contributed by atoms with E-state index in [1.54, 1.807) is 0 Å². The number of ether oxygens (including phenoxy) is 3. The van der Waals surface area contributed by atoms with Crippen molar-refractivity contribution in [3.05, 3.63) is 109 Å². The number of allylic oxidation sites excluding steroid dienone is 18. The van der Waals surface area contributed by atoms with Crippen molar-refractivity contribution in [2.75, 3.05) is 13.2 Å². The summed E-state index contributed by atoms with van der Waals surface area (Å²) in [5, 5.41) is 0. The average Bonchev–Trinajstić information content (AvgIpc) is 3.35. The van der Waals surface area contributed by atoms with Crippen LogP contribution in [0.5, 0.6) is 0 Å². The van der Waals surface area contributed by atoms with Gasteiger partial charge < -0.3 is 14.2 Å². The van der Waals surface area contributed by atoms with Crippen LogP contribution in [0.4, 0.5) is 0 Å². The summed E-state index contributed by atoms with van der Waals surface area (Å²) >= 11 is 0. The van der Waals surface area contributed by atoms with Crippen LogP contribution in [0.3, 0.4) is 0 Å². The molecule has 0 spiro atoms. The smallest absolute Gasteiger partial charge is 0.306 e. The minimum atomic E-state index is -0.799. The number of carbonyl (C=O) groups is 3. The van der Waals surface area contributed by atoms with Gasteiger partial charge in [0.25, 0.3) is 0 Å². The van der Waals surface area contributed by atoms with E-state index in [4.69, 9.17) is 14.2 Å². The van der Waals surface area contributed by atoms with Gasteiger partial charge in [-0.2, -0.15) is 0 Å². The number of unbranched alkanes of at least 4 members (excludes halogenated alkanes) is 21. The van der Waals surface area contributed by atoms with Gasteiger partial charge in [0.1, 0.15) is 13.2 Å². The number of carbonyl (C=O) groups excluding carboxylic acids is 3. The lowest BCUT2D eigenvalue weighted by atomic mass is 10.1. The van der Waals surface area contributed by atoms with Crippen LogP contribution >= 0.6 is 0 Å². The second kappa shape index (κ2) is 56.7. The van der Waals surface area contributed by atoms with Crippen LogP contribution in [0.1, 0.15) is 252 Å². The van der Waals surface area contributed by atoms with Crippen LogP contribution in [0, 0.1) is 0 Å². The van der Waals surface area contributed by atoms with Gasteiger partial charge in [-0.25, -0.2) is 0 Å². The van der Waals surface area contributed by atoms with Crippen molar-refractivity contribution in [1.29, 1.82) is 0 Å². The van der Waals surface area contributed by atoms with Crippen LogP contribution in [0.25, 0.3) is 0 Å². The molecule has 6 nitrogen and oxygen atoms in total. The summed E-state index contributed by atoms with van der Waals surface area (Å²) < 4.78 is 16.7. The third-order valence-electron chi connectivity index (χ3n) is 11.8. The molecule has 0 fully saturated rings. The highest BCUT2D eigenvalue weighted by molar-refractivity contribution is 5.71. The van der Waals surface area contributed by atoms with E-state index in [2.05, 4.69) is 130 Å². The summed E-state index contributed by atoms with van der Waals surface area (Å²) in [6.07, 6.45) is 76.7. The number of rotatable bonds is 50. The maximum atomic E-state index is 12.8. The molecule has 0 aliphatic heterocycles. The molecule has 0 aromatic rings. The lowest BCUT2D eigenvalue weighted by Crippen LogP contribution is -2.30. The summed E-state index contributed by atoms with van der Waals surface area (Å²) in [5.41, 5.74) is 0. The molecule has 0 bridgehead atoms. The Morgan fingerprint density at radius 2 is 0.565 bits per heavy atom. The molecule has 0 rings (SSSR count). The lowest BCUT2D eigenvalue weighted by Gasteiger charge is -2.18. The molecule has 0 amide bonds. The van der Waals surface area contributed by atoms with Crippen molar-refractivity contribution < 1.29 is 28.6 Å². The predicted molar refractivity (Wildman–Crippen MR) is 297 cm³/mol. The average molecular weight is 958 g/mol. The quantitative estimate of drug-likeness (QED) is 0.0262. The molecule has 0 saturated carbocycles. The van der Waals surface area contributed by atoms with Gasteiger partial charge in [0, 0.05) is 19.3 Å². The lowest BCUT2D eigenvalue weighted by molar-refractivity contribution is -0.167. The largest absolute Gasteiger partial charge is 0.462 e. The van der Waals surface area contributed by atoms with E-state index >= 15 is 0 Å². The Morgan fingerprint density at radius 3 is 0.928 bits per heavy atom. The third kappa shape index (κ3) is 54.9. The molecular formula is C63H104O6. The van der Waals surface area contributed by atoms with E-state index in [-0.39, 0.29) is 31.1 Å². The summed E-state index contributed by atoms with van der Waals surface area (Å²) in [7, 11) is 0. The Morgan fingerprint density at radius 1 is 0.304 bits per heavy atom. The molecule has 0 aliphatic carbocycles. The number of hydrogen-bond acceptors (Lipinski definition) is 6. The van der Waals surface area contributed by atoms with Gasteiger partial charge in [-0.15, -0.1) is 0 Å². The molecule has 0 N–H and O–H groups in total. The second-order valence-corrected chi connectivity index (χ2v) is 18.5. The maximum Gasteiger partial charge on any atom is 0.306 e. The minimum Gasteiger partial charge on any atom is -0.462 e. The van der Waals surface area contributed by atoms with Crippen molar-refractivity contribution in [2.24, 2.45) is 0 Å². The summed E-state index contributed by atoms with van der Waals surface area (Å²) in [5.74, 6) is -0.955. The fourth-order valence-electron chi connectivity index (χ4n) is 7.51. The van der Waals surface area contributed by atoms with Gasteiger partial charge in [-0.3, -0.25) is 14.4 Å². The fourth-order valence-corrected chi connectivity index (χ4v) is 7.51. The van der Waals surface area contributed by atoms with Gasteiger partial charge in [0.2, 0.25) is 0 Å². The van der Waals surface area contributed by atoms with Crippen LogP contribution in [0.2, 0.25) is 0 Å². The number of hydrogen-bond donors (Lipinski definition) is 0. The fraction of sp³-hybridized carbons (Fsp3) is 0.667. The van der Waals surface area contributed by atoms with Crippen molar-refractivity contribution in [1.82, 2.24) is 0 Å². The highest BCUT2D eigenvalue weighted by Gasteiger charge is 2.19. The molecule has 0 aliphatic rings. The second-order valence-electron chi connectivity index (χ2n) is 18.5. The highest BCUT2D eigenvalue weighted by atomic mass is 16.6. The van der Waals surface area contributed by atoms with Crippen LogP contribution < -0.4 is 0 Å². The van der Waals surface area contributed by atoms with E-state index in [0.29, 0.717) is 19.3 Å². The van der Waals surface area contributed by atoms with E-state index in [1.165, 1.54) is 89.9 Å². The molecule has 0 radical (unpaired) electrons. The van der Waals surface area contributed by atoms with E-state index < -0.39 is 6.10 Å². The first-order valence-corrected chi connectivity index (χ1v) is 28.4. The summed E-state index contributed by atoms with van der Waals surface area (Å²) in [6, 6.07) is 0. The monoisotopic (exact) mass is 957 g/mol. The van der Waals surface area contributed by atoms with Gasteiger partial charge in [0.15, 0.2) is 6.10 Å². The minimum absolute atomic E-state index is 0.0953. The van der Waals surface area contributed by atoms with Gasteiger partial charge >= 0.3 is 17.9 Å². The summed E-state index contributed by atoms with van der Waals surface area (Å²) in [6.45, 7) is 6.44. The van der Waals surface area contributed by atoms with Gasteiger partial charge in [-0.1, -0.05) is 233 Å². The highest BCUT2D eigenvalue weighted by Crippen LogP contribution is 2.14. The molecule has 0 saturated heterocycles. The van der Waals surface area contributed by atoms with Crippen molar-refractivity contribution in [3.8, 4) is 0 Å². The topological polar surface area (TPSA) is 78.9 Å². The molecule has 69 heavy (non-hydrogen) atoms. The molecule has 0 heterocycles. The van der Waals surface area contributed by atoms with Crippen LogP contribution in [0.15, 0.2) is 109 Å². The van der Waals surface area contributed by atoms with Crippen molar-refractivity contribution in [2.45, 2.75) is 258 Å². The molecule has 6 heteroatoms. The Bertz CT molecular complexity index is 1420. The Balaban J connectivity index is 4.34. The molecule has 1 atom stereocenters. The molecular weight excluding hydrogens is 853 g/mol. The first-order valence-electron chi connectivity index (χ1n) is 28.4. The van der Waals surface area contributed by atoms with Crippen LogP contribution in [-0.4, -0.2) is 37.2 Å². The number of esters is 3. The Kier molecular flexibility index (Phi) is 53.4. The standard InChI is InChI=1S/C63H104O6/c1-4-7-10-13-16-19-21-23-25-27-28-29-30-31-32-33-34-35-36-37-39-40-42-44-47-50-53-56-62(65)68-59-60(58-67-61(64)55-52-49-46-18-15-12-9-6-3)69-63(66)57-54-51-48-45-43-41-38-26-24-22-20-17-14-11-8-5-2/h7,10,16,19,23,25-26,28-29,31-32,34-35,37-39,42,44,60H,4-6,8-9,11-15,17-18,20-22,24,27,30,33,36,40-41,43,45-59H2,1-3H3/b10-7-,19-16-,25-23-,29-28-,32-31-,35-34-,38-26-,39-37-,44-42-. The SMILES string of the molecule is CC/C=C\C/C=C\C/C=C\C/C=C\C/C=C\C/C=C\C/C=C\C/C=C\CCCCC(=O)OCC(COC(=O)CCCCCCCCCC)OC(=O)CCCCCCC/C=C\CCCCCCCCC. The predicted octanol–water partition coefficient (Wildman–Crippen LogP) is 19.1. The maximum absolute atomic E-state index is 12.8. The van der Waals surface area contributed by atoms with Crippen molar-refractivity contribution >= 4 is 17.9 Å². The zero-order valence-electron chi connectivity index (χ0n) is 44.8. The Labute approximate surface area is 425 Å². The third-order valence-corrected chi connectivity index (χ3v) is 11.8. The molecule has 0 aromatic heterocycles. The normalized spacial score (nSPS) is 12.9. The zero-order chi connectivity index (χ0) is 50.0. The Hall–Kier alpha value is -3.93. The van der Waals surface area contributed by atoms with Crippen LogP contribution in [-0.2, 0) is 28.6 Å². The zero-order valence-corrected chi connectivity index (χ0v) is 44.8. The van der Waals surface area contributed by atoms with Gasteiger partial charge in [-0.05, 0) is 109 Å². The molecule has 1 unspecified atom stereocenters. The van der Waals surface area contributed by atoms with E-state index in [9.17, 15) is 14.4 Å². The summed E-state index contributed by atoms with van der Waals surface area (Å²) in [4.78, 5) is 37.9. The van der Waals surface area contributed by atoms with E-state index in [0.717, 1.165) is 122 Å². The van der Waals surface area contributed by atoms with Gasteiger partial charge in [0.05, 0.1) is 0 Å². The first-order chi connectivity index (χ1) is 34.0. The molecule has 0 aromatic carbocycles. The van der Waals surface area contributed by atoms with E-state index in [1.807, 2.05) is 0 Å².